The zero-order valence-corrected chi connectivity index (χ0v) is 55.9. The van der Waals surface area contributed by atoms with Gasteiger partial charge in [-0.25, -0.2) is 51.3 Å². The van der Waals surface area contributed by atoms with E-state index in [0.717, 1.165) is 0 Å². The summed E-state index contributed by atoms with van der Waals surface area (Å²) in [6.45, 7) is 21.3. The van der Waals surface area contributed by atoms with Crippen LogP contribution in [0.25, 0.3) is 16.9 Å². The molecule has 3 atom stereocenters. The molecule has 5 N–H and O–H groups in total. The summed E-state index contributed by atoms with van der Waals surface area (Å²) in [7, 11) is 0. The molecule has 2 bridgehead atoms. The van der Waals surface area contributed by atoms with Crippen molar-refractivity contribution in [1.29, 1.82) is 0 Å². The predicted molar refractivity (Wildman–Crippen MR) is 366 cm³/mol. The lowest BCUT2D eigenvalue weighted by molar-refractivity contribution is -0.156. The van der Waals surface area contributed by atoms with Crippen molar-refractivity contribution in [1.82, 2.24) is 49.1 Å². The molecule has 0 fully saturated rings. The molecule has 9 aromatic rings. The standard InChI is InChI=1S/C25H31FN4O5.C17H16FN5O2.C17H17FN4O3.C8H15ClO2.2CH4/c1-6-33-24(32)19-15-27-30-12-11-21(29-23(19)30)28-16(2)18-14-17(26)9-10-20(18)34-13-7-8-22(31)35-25(3,4)5;1-10-12-8-11(18)2-3-14(12)25-7-5-19-17(24)13-9-20-23-6-4-15(21-10)22-16(13)23;1-3-25-17(24)13-9-19-22-7-6-15(21-16(13)22)20-10(2)12-8-11(18)4-5-14(12)23;1-8(2,3)11-7(10)5-4-6-9;;/h9-12,14-16H,6-8,13H2,1-5H3,(H,28,29);2-4,6,8-10H,5,7H2,1H3,(H,19,24)(H,21,22);4-10,23H,3H2,1-2H3,(H,20,21);4-6H2,1-3H3;2*1H4/t16-;2*10-;;;/m111.../s1. The minimum Gasteiger partial charge on any atom is -0.508 e. The number of phenolic OH excluding ortho intramolecular Hbond substituents is 1. The van der Waals surface area contributed by atoms with Gasteiger partial charge in [0.1, 0.15) is 86.7 Å². The second kappa shape index (κ2) is 36.2. The number of ether oxygens (including phenoxy) is 6. The molecule has 10 rings (SSSR count). The second-order valence-corrected chi connectivity index (χ2v) is 23.9. The molecule has 7 heterocycles. The van der Waals surface area contributed by atoms with Crippen LogP contribution in [0.1, 0.15) is 183 Å². The number of hydrogen-bond donors (Lipinski definition) is 5. The molecule has 0 spiro atoms. The summed E-state index contributed by atoms with van der Waals surface area (Å²) in [4.78, 5) is 72.6. The molecule has 0 saturated carbocycles. The van der Waals surface area contributed by atoms with E-state index in [4.69, 9.17) is 40.0 Å². The number of amides is 1. The average Bonchev–Trinajstić information content (AvgIpc) is 1.62. The van der Waals surface area contributed by atoms with E-state index < -0.39 is 35.2 Å². The lowest BCUT2D eigenvalue weighted by Gasteiger charge is -2.20. The molecule has 29 heteroatoms. The van der Waals surface area contributed by atoms with Gasteiger partial charge in [0.25, 0.3) is 5.91 Å². The third-order valence-corrected chi connectivity index (χ3v) is 13.8. The minimum absolute atomic E-state index is 0. The van der Waals surface area contributed by atoms with Crippen molar-refractivity contribution in [2.75, 3.05) is 54.8 Å². The number of benzene rings is 3. The van der Waals surface area contributed by atoms with Crippen molar-refractivity contribution in [3.8, 4) is 17.2 Å². The Labute approximate surface area is 572 Å². The van der Waals surface area contributed by atoms with Gasteiger partial charge >= 0.3 is 23.9 Å². The first-order valence-electron chi connectivity index (χ1n) is 30.9. The van der Waals surface area contributed by atoms with E-state index in [1.54, 1.807) is 69.7 Å². The maximum absolute atomic E-state index is 14.1. The molecule has 0 saturated heterocycles. The number of rotatable bonds is 18. The van der Waals surface area contributed by atoms with E-state index in [1.165, 1.54) is 74.6 Å². The minimum atomic E-state index is -0.534. The number of hydrogen-bond acceptors (Lipinski definition) is 21. The van der Waals surface area contributed by atoms with Crippen molar-refractivity contribution >= 4 is 75.8 Å². The Morgan fingerprint density at radius 1 is 0.684 bits per heavy atom. The van der Waals surface area contributed by atoms with Crippen LogP contribution in [0, 0.1) is 17.5 Å². The fourth-order valence-corrected chi connectivity index (χ4v) is 9.41. The molecule has 3 aromatic carbocycles. The zero-order valence-electron chi connectivity index (χ0n) is 55.2. The van der Waals surface area contributed by atoms with E-state index in [2.05, 4.69) is 51.5 Å². The first-order valence-corrected chi connectivity index (χ1v) is 31.4. The monoisotopic (exact) mass is 1380 g/mol. The Hall–Kier alpha value is -10.3. The summed E-state index contributed by atoms with van der Waals surface area (Å²) < 4.78 is 77.6. The smallest absolute Gasteiger partial charge is 0.343 e. The van der Waals surface area contributed by atoms with Gasteiger partial charge in [0.05, 0.1) is 63.1 Å². The van der Waals surface area contributed by atoms with Gasteiger partial charge < -0.3 is 54.8 Å². The van der Waals surface area contributed by atoms with Crippen LogP contribution in [0.4, 0.5) is 30.6 Å². The molecule has 528 valence electrons. The third kappa shape index (κ3) is 22.7. The molecule has 98 heavy (non-hydrogen) atoms. The van der Waals surface area contributed by atoms with E-state index in [9.17, 15) is 42.3 Å². The maximum atomic E-state index is 14.1. The van der Waals surface area contributed by atoms with Crippen LogP contribution in [-0.2, 0) is 28.5 Å². The Morgan fingerprint density at radius 2 is 1.18 bits per heavy atom. The highest BCUT2D eigenvalue weighted by atomic mass is 35.5. The van der Waals surface area contributed by atoms with E-state index in [0.29, 0.717) is 99.8 Å². The molecule has 1 amide bonds. The predicted octanol–water partition coefficient (Wildman–Crippen LogP) is 13.4. The van der Waals surface area contributed by atoms with E-state index in [1.807, 2.05) is 55.4 Å². The average molecular weight is 1380 g/mol. The van der Waals surface area contributed by atoms with Gasteiger partial charge in [-0.3, -0.25) is 14.4 Å². The number of nitrogens with zero attached hydrogens (tertiary/aromatic N) is 9. The highest BCUT2D eigenvalue weighted by Gasteiger charge is 2.23. The van der Waals surface area contributed by atoms with Crippen LogP contribution in [-0.4, -0.2) is 129 Å². The first kappa shape index (κ1) is 78.4. The van der Waals surface area contributed by atoms with Gasteiger partial charge in [-0.2, -0.15) is 15.3 Å². The fraction of sp³-hybridized carbons (Fsp3) is 0.406. The van der Waals surface area contributed by atoms with Crippen LogP contribution >= 0.6 is 11.6 Å². The van der Waals surface area contributed by atoms with E-state index >= 15 is 0 Å². The Balaban J connectivity index is 0.000000247. The van der Waals surface area contributed by atoms with Crippen molar-refractivity contribution in [2.45, 2.75) is 146 Å². The topological polar surface area (TPSA) is 300 Å². The highest BCUT2D eigenvalue weighted by molar-refractivity contribution is 6.17. The molecule has 0 aliphatic carbocycles. The molecule has 1 aliphatic heterocycles. The largest absolute Gasteiger partial charge is 0.508 e. The summed E-state index contributed by atoms with van der Waals surface area (Å²) in [5, 5.41) is 34.5. The second-order valence-electron chi connectivity index (χ2n) is 23.5. The molecule has 0 unspecified atom stereocenters. The number of aromatic nitrogens is 9. The Bertz CT molecular complexity index is 4160. The highest BCUT2D eigenvalue weighted by Crippen LogP contribution is 2.32. The van der Waals surface area contributed by atoms with Crippen LogP contribution in [0.5, 0.6) is 17.2 Å². The summed E-state index contributed by atoms with van der Waals surface area (Å²) in [5.74, 6) is 0.122. The number of carbonyl (C=O) groups excluding carboxylic acids is 5. The van der Waals surface area contributed by atoms with Crippen LogP contribution in [0.2, 0.25) is 0 Å². The normalized spacial score (nSPS) is 13.2. The SMILES string of the molecule is C.C.CC(C)(C)OC(=O)CCCCl.CCOC(=O)c1cnn2ccc(N[C@H](C)c3cc(F)ccc3O)nc12.CCOC(=O)c1cnn2ccc(N[C@H](C)c3cc(F)ccc3OCCCC(=O)OC(C)(C)C)nc12.C[C@H]1Nc2ccn3ncc(c3n2)C(=O)NCCOc2ccc(F)cc21. The van der Waals surface area contributed by atoms with Gasteiger partial charge in [0, 0.05) is 54.0 Å². The number of anilines is 3. The number of aromatic hydroxyl groups is 1. The first-order chi connectivity index (χ1) is 45.6. The number of fused-ring (bicyclic) bond motifs is 4. The van der Waals surface area contributed by atoms with Crippen LogP contribution in [0.15, 0.2) is 110 Å². The number of phenols is 1. The van der Waals surface area contributed by atoms with Crippen molar-refractivity contribution in [2.24, 2.45) is 0 Å². The maximum Gasteiger partial charge on any atom is 0.343 e. The number of carbonyl (C=O) groups is 5. The van der Waals surface area contributed by atoms with Crippen molar-refractivity contribution < 1.29 is 70.7 Å². The molecular formula is C69H87ClF3N13O12. The molecular weight excluding hydrogens is 1300 g/mol. The van der Waals surface area contributed by atoms with Crippen molar-refractivity contribution in [3.05, 3.63) is 161 Å². The Morgan fingerprint density at radius 3 is 1.74 bits per heavy atom. The number of nitrogens with one attached hydrogen (secondary N) is 4. The number of esters is 4. The van der Waals surface area contributed by atoms with Gasteiger partial charge in [0.15, 0.2) is 16.9 Å². The quantitative estimate of drug-likeness (QED) is 0.0231. The van der Waals surface area contributed by atoms with Crippen LogP contribution < -0.4 is 30.7 Å². The summed E-state index contributed by atoms with van der Waals surface area (Å²) in [5.41, 5.74) is 2.81. The molecule has 6 aromatic heterocycles. The lowest BCUT2D eigenvalue weighted by atomic mass is 10.1. The van der Waals surface area contributed by atoms with E-state index in [-0.39, 0.29) is 106 Å². The number of halogens is 4. The van der Waals surface area contributed by atoms with Gasteiger partial charge in [0.2, 0.25) is 0 Å². The van der Waals surface area contributed by atoms with Crippen LogP contribution in [0.3, 0.4) is 0 Å². The summed E-state index contributed by atoms with van der Waals surface area (Å²) >= 11 is 5.41. The molecule has 25 nitrogen and oxygen atoms in total. The summed E-state index contributed by atoms with van der Waals surface area (Å²) in [6.07, 6.45) is 11.1. The molecule has 1 aliphatic rings. The third-order valence-electron chi connectivity index (χ3n) is 13.6. The van der Waals surface area contributed by atoms with Gasteiger partial charge in [-0.1, -0.05) is 14.9 Å². The van der Waals surface area contributed by atoms with Crippen molar-refractivity contribution in [3.63, 3.8) is 0 Å². The van der Waals surface area contributed by atoms with Gasteiger partial charge in [-0.15, -0.1) is 11.6 Å². The Kier molecular flexibility index (Phi) is 29.0. The van der Waals surface area contributed by atoms with Gasteiger partial charge in [-0.05, 0) is 162 Å². The molecule has 0 radical (unpaired) electrons. The summed E-state index contributed by atoms with van der Waals surface area (Å²) in [6, 6.07) is 16.5. The lowest BCUT2D eigenvalue weighted by Crippen LogP contribution is -2.28. The fourth-order valence-electron chi connectivity index (χ4n) is 9.28. The number of alkyl halides is 1. The zero-order chi connectivity index (χ0) is 69.9.